The molecule has 120 valence electrons. The molecule has 2 rings (SSSR count). The van der Waals surface area contributed by atoms with Gasteiger partial charge in [-0.1, -0.05) is 0 Å². The van der Waals surface area contributed by atoms with Crippen LogP contribution in [-0.2, 0) is 9.84 Å². The first kappa shape index (κ1) is 16.2. The molecule has 0 bridgehead atoms. The molecule has 0 aliphatic carbocycles. The van der Waals surface area contributed by atoms with E-state index in [1.54, 1.807) is 0 Å². The average molecular weight is 340 g/mol. The molecular weight excluding hydrogens is 332 g/mol. The summed E-state index contributed by atoms with van der Waals surface area (Å²) in [5.41, 5.74) is -1.85. The van der Waals surface area contributed by atoms with Crippen LogP contribution in [0.15, 0.2) is 46.2 Å². The monoisotopic (exact) mass is 340 g/mol. The van der Waals surface area contributed by atoms with E-state index in [0.717, 1.165) is 24.3 Å². The van der Waals surface area contributed by atoms with Crippen molar-refractivity contribution in [3.63, 3.8) is 0 Å². The fourth-order valence-corrected chi connectivity index (χ4v) is 3.42. The smallest absolute Gasteiger partial charge is 0.292 e. The second kappa shape index (κ2) is 5.53. The highest BCUT2D eigenvalue weighted by Crippen LogP contribution is 2.36. The summed E-state index contributed by atoms with van der Waals surface area (Å²) in [6.07, 6.45) is 0. The highest BCUT2D eigenvalue weighted by molar-refractivity contribution is 7.91. The van der Waals surface area contributed by atoms with Gasteiger partial charge < -0.3 is 10.2 Å². The van der Waals surface area contributed by atoms with E-state index in [1.807, 2.05) is 0 Å². The van der Waals surface area contributed by atoms with Crippen LogP contribution in [0, 0.1) is 20.2 Å². The molecule has 0 amide bonds. The minimum absolute atomic E-state index is 0.532. The van der Waals surface area contributed by atoms with Crippen molar-refractivity contribution in [2.24, 2.45) is 0 Å². The zero-order valence-electron chi connectivity index (χ0n) is 11.1. The maximum absolute atomic E-state index is 12.5. The summed E-state index contributed by atoms with van der Waals surface area (Å²) in [6, 6.07) is 4.62. The van der Waals surface area contributed by atoms with Gasteiger partial charge in [-0.3, -0.25) is 20.2 Å². The molecule has 0 aliphatic rings. The van der Waals surface area contributed by atoms with Gasteiger partial charge in [-0.2, -0.15) is 0 Å². The standard InChI is InChI=1S/C12H8N2O8S/c15-7-1-3-11(9(5-7)13(17)18)23(21,22)12-4-2-8(16)6-10(12)14(19)20/h1-6,15-16H. The lowest BCUT2D eigenvalue weighted by atomic mass is 10.3. The van der Waals surface area contributed by atoms with Crippen LogP contribution in [-0.4, -0.2) is 28.5 Å². The van der Waals surface area contributed by atoms with Gasteiger partial charge in [0.25, 0.3) is 11.4 Å². The minimum Gasteiger partial charge on any atom is -0.508 e. The highest BCUT2D eigenvalue weighted by atomic mass is 32.2. The number of nitrogens with zero attached hydrogens (tertiary/aromatic N) is 2. The molecule has 2 aromatic carbocycles. The van der Waals surface area contributed by atoms with Crippen molar-refractivity contribution in [1.29, 1.82) is 0 Å². The third-order valence-electron chi connectivity index (χ3n) is 2.86. The fourth-order valence-electron chi connectivity index (χ4n) is 1.87. The molecule has 0 unspecified atom stereocenters. The Bertz CT molecular complexity index is 853. The van der Waals surface area contributed by atoms with E-state index in [4.69, 9.17) is 0 Å². The Kier molecular flexibility index (Phi) is 3.89. The van der Waals surface area contributed by atoms with Gasteiger partial charge >= 0.3 is 0 Å². The van der Waals surface area contributed by atoms with Crippen molar-refractivity contribution < 1.29 is 28.5 Å². The largest absolute Gasteiger partial charge is 0.508 e. The summed E-state index contributed by atoms with van der Waals surface area (Å²) in [5, 5.41) is 40.5. The molecule has 0 aliphatic heterocycles. The number of aromatic hydroxyl groups is 2. The van der Waals surface area contributed by atoms with E-state index < -0.39 is 52.3 Å². The molecule has 0 heterocycles. The van der Waals surface area contributed by atoms with Gasteiger partial charge in [0, 0.05) is 0 Å². The van der Waals surface area contributed by atoms with Crippen molar-refractivity contribution in [3.05, 3.63) is 56.6 Å². The van der Waals surface area contributed by atoms with Crippen LogP contribution in [0.3, 0.4) is 0 Å². The molecule has 0 fully saturated rings. The molecule has 0 saturated carbocycles. The molecule has 0 atom stereocenters. The predicted molar refractivity (Wildman–Crippen MR) is 75.0 cm³/mol. The van der Waals surface area contributed by atoms with Crippen molar-refractivity contribution >= 4 is 21.2 Å². The van der Waals surface area contributed by atoms with Crippen LogP contribution in [0.2, 0.25) is 0 Å². The summed E-state index contributed by atoms with van der Waals surface area (Å²) in [5.74, 6) is -1.06. The van der Waals surface area contributed by atoms with Gasteiger partial charge in [0.2, 0.25) is 9.84 Å². The maximum atomic E-state index is 12.5. The second-order valence-electron chi connectivity index (χ2n) is 4.32. The Labute approximate surface area is 128 Å². The number of rotatable bonds is 4. The first-order valence-corrected chi connectivity index (χ1v) is 7.33. The summed E-state index contributed by atoms with van der Waals surface area (Å²) >= 11 is 0. The van der Waals surface area contributed by atoms with Crippen LogP contribution in [0.1, 0.15) is 0 Å². The molecule has 2 N–H and O–H groups in total. The van der Waals surface area contributed by atoms with Crippen molar-refractivity contribution in [2.45, 2.75) is 9.79 Å². The Morgan fingerprint density at radius 1 is 0.783 bits per heavy atom. The maximum Gasteiger partial charge on any atom is 0.292 e. The first-order chi connectivity index (χ1) is 10.6. The van der Waals surface area contributed by atoms with Gasteiger partial charge in [0.15, 0.2) is 0 Å². The topological polar surface area (TPSA) is 161 Å². The van der Waals surface area contributed by atoms with Gasteiger partial charge in [-0.15, -0.1) is 0 Å². The van der Waals surface area contributed by atoms with Crippen LogP contribution >= 0.6 is 0 Å². The van der Waals surface area contributed by atoms with E-state index in [0.29, 0.717) is 12.1 Å². The van der Waals surface area contributed by atoms with Crippen LogP contribution < -0.4 is 0 Å². The number of nitro benzene ring substituents is 2. The average Bonchev–Trinajstić information content (AvgIpc) is 2.46. The van der Waals surface area contributed by atoms with E-state index in [-0.39, 0.29) is 0 Å². The number of sulfone groups is 1. The summed E-state index contributed by atoms with van der Waals surface area (Å²) in [6.45, 7) is 0. The van der Waals surface area contributed by atoms with E-state index in [1.165, 1.54) is 0 Å². The highest BCUT2D eigenvalue weighted by Gasteiger charge is 2.33. The second-order valence-corrected chi connectivity index (χ2v) is 6.21. The minimum atomic E-state index is -4.63. The van der Waals surface area contributed by atoms with Crippen molar-refractivity contribution in [3.8, 4) is 11.5 Å². The molecule has 10 nitrogen and oxygen atoms in total. The Morgan fingerprint density at radius 3 is 1.43 bits per heavy atom. The SMILES string of the molecule is O=[N+]([O-])c1cc(O)ccc1S(=O)(=O)c1ccc(O)cc1[N+](=O)[O-]. The van der Waals surface area contributed by atoms with Gasteiger partial charge in [-0.05, 0) is 24.3 Å². The summed E-state index contributed by atoms with van der Waals surface area (Å²) in [7, 11) is -4.63. The van der Waals surface area contributed by atoms with Gasteiger partial charge in [0.05, 0.1) is 22.0 Å². The number of hydrogen-bond donors (Lipinski definition) is 2. The molecule has 0 radical (unpaired) electrons. The number of benzene rings is 2. The lowest BCUT2D eigenvalue weighted by Gasteiger charge is -2.07. The molecule has 0 saturated heterocycles. The van der Waals surface area contributed by atoms with Crippen LogP contribution in [0.4, 0.5) is 11.4 Å². The molecule has 2 aromatic rings. The van der Waals surface area contributed by atoms with E-state index in [2.05, 4.69) is 0 Å². The predicted octanol–water partition coefficient (Wildman–Crippen LogP) is 1.75. The lowest BCUT2D eigenvalue weighted by molar-refractivity contribution is -0.388. The molecule has 0 aromatic heterocycles. The van der Waals surface area contributed by atoms with Crippen molar-refractivity contribution in [1.82, 2.24) is 0 Å². The van der Waals surface area contributed by atoms with Gasteiger partial charge in [0.1, 0.15) is 21.3 Å². The molecular formula is C12H8N2O8S. The number of hydrogen-bond acceptors (Lipinski definition) is 8. The number of phenols is 2. The van der Waals surface area contributed by atoms with Crippen LogP contribution in [0.5, 0.6) is 11.5 Å². The molecule has 11 heteroatoms. The van der Waals surface area contributed by atoms with Gasteiger partial charge in [-0.25, -0.2) is 8.42 Å². The van der Waals surface area contributed by atoms with Crippen LogP contribution in [0.25, 0.3) is 0 Å². The zero-order valence-corrected chi connectivity index (χ0v) is 11.9. The number of phenolic OH excluding ortho intramolecular Hbond substituents is 2. The summed E-state index contributed by atoms with van der Waals surface area (Å²) in [4.78, 5) is 18.3. The third-order valence-corrected chi connectivity index (χ3v) is 4.71. The summed E-state index contributed by atoms with van der Waals surface area (Å²) < 4.78 is 25.1. The molecule has 23 heavy (non-hydrogen) atoms. The number of nitro groups is 2. The fraction of sp³-hybridized carbons (Fsp3) is 0. The Morgan fingerprint density at radius 2 is 1.13 bits per heavy atom. The van der Waals surface area contributed by atoms with Crippen molar-refractivity contribution in [2.75, 3.05) is 0 Å². The third kappa shape index (κ3) is 2.89. The first-order valence-electron chi connectivity index (χ1n) is 5.84. The quantitative estimate of drug-likeness (QED) is 0.628. The zero-order chi connectivity index (χ0) is 17.4. The van der Waals surface area contributed by atoms with E-state index in [9.17, 15) is 38.9 Å². The lowest BCUT2D eigenvalue weighted by Crippen LogP contribution is -2.08. The molecule has 0 spiro atoms. The Hall–Kier alpha value is -3.21. The normalized spacial score (nSPS) is 11.1. The van der Waals surface area contributed by atoms with E-state index >= 15 is 0 Å². The Balaban J connectivity index is 2.79.